The lowest BCUT2D eigenvalue weighted by atomic mass is 10.2. The fourth-order valence-electron chi connectivity index (χ4n) is 2.66. The van der Waals surface area contributed by atoms with Crippen LogP contribution in [0.25, 0.3) is 5.82 Å². The van der Waals surface area contributed by atoms with Gasteiger partial charge in [0.25, 0.3) is 5.91 Å². The highest BCUT2D eigenvalue weighted by Gasteiger charge is 2.29. The number of ether oxygens (including phenoxy) is 1. The maximum Gasteiger partial charge on any atom is 0.334 e. The van der Waals surface area contributed by atoms with Gasteiger partial charge in [0.1, 0.15) is 0 Å². The lowest BCUT2D eigenvalue weighted by Crippen LogP contribution is -2.48. The first-order chi connectivity index (χ1) is 11.5. The molecule has 1 saturated heterocycles. The Hall–Kier alpha value is -2.74. The van der Waals surface area contributed by atoms with Gasteiger partial charge in [-0.05, 0) is 32.0 Å². The number of carbonyl (C=O) groups is 2. The van der Waals surface area contributed by atoms with Crippen molar-refractivity contribution in [2.24, 2.45) is 0 Å². The van der Waals surface area contributed by atoms with Crippen molar-refractivity contribution < 1.29 is 19.4 Å². The maximum atomic E-state index is 12.5. The zero-order valence-electron chi connectivity index (χ0n) is 13.5. The predicted molar refractivity (Wildman–Crippen MR) is 84.1 cm³/mol. The van der Waals surface area contributed by atoms with Crippen molar-refractivity contribution in [2.75, 3.05) is 19.7 Å². The van der Waals surface area contributed by atoms with E-state index in [1.807, 2.05) is 19.9 Å². The summed E-state index contributed by atoms with van der Waals surface area (Å²) in [6.07, 6.45) is 0.504. The minimum Gasteiger partial charge on any atom is -0.479 e. The van der Waals surface area contributed by atoms with E-state index in [1.165, 1.54) is 11.1 Å². The molecule has 1 aliphatic heterocycles. The van der Waals surface area contributed by atoms with Crippen LogP contribution in [0.5, 0.6) is 0 Å². The fourth-order valence-corrected chi connectivity index (χ4v) is 2.66. The summed E-state index contributed by atoms with van der Waals surface area (Å²) in [5.74, 6) is -0.690. The molecule has 2 aromatic heterocycles. The van der Waals surface area contributed by atoms with Crippen molar-refractivity contribution in [3.8, 4) is 5.82 Å². The summed E-state index contributed by atoms with van der Waals surface area (Å²) in [7, 11) is 0. The largest absolute Gasteiger partial charge is 0.479 e. The molecule has 1 fully saturated rings. The van der Waals surface area contributed by atoms with Crippen LogP contribution < -0.4 is 0 Å². The van der Waals surface area contributed by atoms with E-state index < -0.39 is 12.1 Å². The van der Waals surface area contributed by atoms with E-state index in [0.717, 1.165) is 11.4 Å². The molecule has 0 aliphatic carbocycles. The lowest BCUT2D eigenvalue weighted by Gasteiger charge is -2.30. The molecular weight excluding hydrogens is 312 g/mol. The molecule has 1 amide bonds. The lowest BCUT2D eigenvalue weighted by molar-refractivity contribution is -0.154. The molecule has 0 spiro atoms. The van der Waals surface area contributed by atoms with E-state index >= 15 is 0 Å². The van der Waals surface area contributed by atoms with Gasteiger partial charge in [-0.3, -0.25) is 4.79 Å². The summed E-state index contributed by atoms with van der Waals surface area (Å²) < 4.78 is 6.83. The molecule has 1 atom stereocenters. The van der Waals surface area contributed by atoms with E-state index in [0.29, 0.717) is 17.9 Å². The average molecular weight is 330 g/mol. The summed E-state index contributed by atoms with van der Waals surface area (Å²) in [6.45, 7) is 4.44. The fraction of sp³-hybridized carbons (Fsp3) is 0.375. The SMILES string of the molecule is Cc1cc(C)n(-c2ccc(C(=O)N3CCO[C@H](C(=O)O)C3)cn2)n1. The highest BCUT2D eigenvalue weighted by atomic mass is 16.5. The molecule has 1 aliphatic rings. The molecule has 3 heterocycles. The quantitative estimate of drug-likeness (QED) is 0.894. The zero-order chi connectivity index (χ0) is 17.3. The Kier molecular flexibility index (Phi) is 4.30. The average Bonchev–Trinajstić information content (AvgIpc) is 2.93. The minimum absolute atomic E-state index is 0.0351. The third-order valence-corrected chi connectivity index (χ3v) is 3.85. The van der Waals surface area contributed by atoms with Crippen molar-refractivity contribution >= 4 is 11.9 Å². The number of carboxylic acid groups (broad SMARTS) is 1. The Morgan fingerprint density at radius 3 is 2.71 bits per heavy atom. The molecule has 126 valence electrons. The molecule has 3 rings (SSSR count). The van der Waals surface area contributed by atoms with Crippen LogP contribution in [-0.4, -0.2) is 62.4 Å². The number of rotatable bonds is 3. The number of hydrogen-bond donors (Lipinski definition) is 1. The van der Waals surface area contributed by atoms with Gasteiger partial charge in [0.15, 0.2) is 11.9 Å². The van der Waals surface area contributed by atoms with E-state index in [9.17, 15) is 9.59 Å². The summed E-state index contributed by atoms with van der Waals surface area (Å²) in [4.78, 5) is 29.3. The van der Waals surface area contributed by atoms with Crippen LogP contribution in [0.15, 0.2) is 24.4 Å². The Labute approximate surface area is 138 Å². The van der Waals surface area contributed by atoms with Gasteiger partial charge in [-0.2, -0.15) is 5.10 Å². The van der Waals surface area contributed by atoms with Gasteiger partial charge in [0.2, 0.25) is 0 Å². The molecule has 8 heteroatoms. The number of pyridine rings is 1. The van der Waals surface area contributed by atoms with Crippen LogP contribution >= 0.6 is 0 Å². The van der Waals surface area contributed by atoms with E-state index in [2.05, 4.69) is 10.1 Å². The second kappa shape index (κ2) is 6.40. The van der Waals surface area contributed by atoms with E-state index in [-0.39, 0.29) is 19.1 Å². The Bertz CT molecular complexity index is 769. The van der Waals surface area contributed by atoms with Gasteiger partial charge in [0, 0.05) is 18.4 Å². The van der Waals surface area contributed by atoms with Crippen LogP contribution in [0.2, 0.25) is 0 Å². The molecule has 2 aromatic rings. The monoisotopic (exact) mass is 330 g/mol. The highest BCUT2D eigenvalue weighted by molar-refractivity contribution is 5.94. The maximum absolute atomic E-state index is 12.5. The summed E-state index contributed by atoms with van der Waals surface area (Å²) in [6, 6.07) is 5.34. The van der Waals surface area contributed by atoms with Crippen LogP contribution in [0, 0.1) is 13.8 Å². The molecule has 0 bridgehead atoms. The van der Waals surface area contributed by atoms with Crippen molar-refractivity contribution in [2.45, 2.75) is 20.0 Å². The molecule has 0 unspecified atom stereocenters. The first-order valence-electron chi connectivity index (χ1n) is 7.59. The normalized spacial score (nSPS) is 17.8. The van der Waals surface area contributed by atoms with Gasteiger partial charge in [-0.1, -0.05) is 0 Å². The molecule has 0 saturated carbocycles. The van der Waals surface area contributed by atoms with Gasteiger partial charge in [-0.25, -0.2) is 14.5 Å². The van der Waals surface area contributed by atoms with Gasteiger partial charge in [-0.15, -0.1) is 0 Å². The second-order valence-electron chi connectivity index (χ2n) is 5.69. The number of hydrogen-bond acceptors (Lipinski definition) is 5. The second-order valence-corrected chi connectivity index (χ2v) is 5.69. The Morgan fingerprint density at radius 1 is 1.33 bits per heavy atom. The number of carboxylic acids is 1. The first kappa shape index (κ1) is 16.1. The van der Waals surface area contributed by atoms with Gasteiger partial charge in [0.05, 0.1) is 24.4 Å². The third-order valence-electron chi connectivity index (χ3n) is 3.85. The number of amides is 1. The number of aryl methyl sites for hydroxylation is 2. The summed E-state index contributed by atoms with van der Waals surface area (Å²) >= 11 is 0. The van der Waals surface area contributed by atoms with Gasteiger partial charge < -0.3 is 14.7 Å². The summed E-state index contributed by atoms with van der Waals surface area (Å²) in [5.41, 5.74) is 2.25. The Morgan fingerprint density at radius 2 is 2.12 bits per heavy atom. The number of nitrogens with zero attached hydrogens (tertiary/aromatic N) is 4. The standard InChI is InChI=1S/C16H18N4O4/c1-10-7-11(2)20(18-10)14-4-3-12(8-17-14)15(21)19-5-6-24-13(9-19)16(22)23/h3-4,7-8,13H,5-6,9H2,1-2H3,(H,22,23)/t13-/m0/s1. The van der Waals surface area contributed by atoms with Crippen molar-refractivity contribution in [3.05, 3.63) is 41.3 Å². The van der Waals surface area contributed by atoms with E-state index in [1.54, 1.807) is 16.8 Å². The van der Waals surface area contributed by atoms with Gasteiger partial charge >= 0.3 is 5.97 Å². The van der Waals surface area contributed by atoms with Crippen LogP contribution in [0.3, 0.4) is 0 Å². The molecule has 0 aromatic carbocycles. The number of aliphatic carboxylic acids is 1. The van der Waals surface area contributed by atoms with E-state index in [4.69, 9.17) is 9.84 Å². The topological polar surface area (TPSA) is 97.5 Å². The molecule has 0 radical (unpaired) electrons. The first-order valence-corrected chi connectivity index (χ1v) is 7.59. The minimum atomic E-state index is -1.06. The number of aromatic nitrogens is 3. The summed E-state index contributed by atoms with van der Waals surface area (Å²) in [5, 5.41) is 13.4. The Balaban J connectivity index is 1.76. The highest BCUT2D eigenvalue weighted by Crippen LogP contribution is 2.13. The third kappa shape index (κ3) is 3.13. The van der Waals surface area contributed by atoms with Crippen molar-refractivity contribution in [1.82, 2.24) is 19.7 Å². The predicted octanol–water partition coefficient (Wildman–Crippen LogP) is 0.810. The van der Waals surface area contributed by atoms with Crippen LogP contribution in [-0.2, 0) is 9.53 Å². The molecule has 8 nitrogen and oxygen atoms in total. The number of morpholine rings is 1. The van der Waals surface area contributed by atoms with Crippen molar-refractivity contribution in [3.63, 3.8) is 0 Å². The smallest absolute Gasteiger partial charge is 0.334 e. The molecular formula is C16H18N4O4. The zero-order valence-corrected chi connectivity index (χ0v) is 13.5. The van der Waals surface area contributed by atoms with Crippen LogP contribution in [0.4, 0.5) is 0 Å². The van der Waals surface area contributed by atoms with Crippen molar-refractivity contribution in [1.29, 1.82) is 0 Å². The molecule has 1 N–H and O–H groups in total. The van der Waals surface area contributed by atoms with Crippen LogP contribution in [0.1, 0.15) is 21.7 Å². The number of carbonyl (C=O) groups excluding carboxylic acids is 1. The molecule has 24 heavy (non-hydrogen) atoms.